The number of nitrogens with zero attached hydrogens (tertiary/aromatic N) is 4. The van der Waals surface area contributed by atoms with Gasteiger partial charge in [0.25, 0.3) is 11.8 Å². The lowest BCUT2D eigenvalue weighted by molar-refractivity contribution is -0.394. The number of rotatable bonds is 4. The van der Waals surface area contributed by atoms with Crippen molar-refractivity contribution >= 4 is 29.4 Å². The van der Waals surface area contributed by atoms with E-state index in [2.05, 4.69) is 20.9 Å². The highest BCUT2D eigenvalue weighted by Crippen LogP contribution is 2.08. The number of nitro groups is 1. The molecule has 1 heterocycles. The van der Waals surface area contributed by atoms with Crippen LogP contribution in [0.4, 0.5) is 5.95 Å². The number of carbonyl (C=O) groups is 2. The molecule has 0 aliphatic rings. The van der Waals surface area contributed by atoms with Gasteiger partial charge in [-0.25, -0.2) is 0 Å². The standard InChI is InChI=1S/C11H9ClN6O4/c12-8-3-1-7(2-4-8)10(20)15-14-9(19)5-17-6-13-11(16-17)18(21)22/h1-4,6H,5H2,(H,14,19)(H,15,20). The summed E-state index contributed by atoms with van der Waals surface area (Å²) in [5.41, 5.74) is 4.65. The van der Waals surface area contributed by atoms with E-state index in [9.17, 15) is 19.7 Å². The van der Waals surface area contributed by atoms with Gasteiger partial charge in [0.05, 0.1) is 0 Å². The smallest absolute Gasteiger partial charge is 0.390 e. The molecule has 0 spiro atoms. The van der Waals surface area contributed by atoms with Crippen LogP contribution in [-0.4, -0.2) is 31.5 Å². The van der Waals surface area contributed by atoms with Gasteiger partial charge in [0, 0.05) is 15.7 Å². The van der Waals surface area contributed by atoms with Gasteiger partial charge < -0.3 is 10.1 Å². The third-order valence-corrected chi connectivity index (χ3v) is 2.67. The molecule has 0 atom stereocenters. The van der Waals surface area contributed by atoms with E-state index < -0.39 is 22.7 Å². The molecule has 0 saturated heterocycles. The maximum Gasteiger partial charge on any atom is 0.490 e. The molecule has 0 fully saturated rings. The molecule has 2 N–H and O–H groups in total. The number of amides is 2. The summed E-state index contributed by atoms with van der Waals surface area (Å²) < 4.78 is 0.974. The lowest BCUT2D eigenvalue weighted by Crippen LogP contribution is -2.43. The van der Waals surface area contributed by atoms with Gasteiger partial charge in [-0.3, -0.25) is 20.4 Å². The molecule has 0 aliphatic carbocycles. The lowest BCUT2D eigenvalue weighted by Gasteiger charge is -2.06. The number of hydrogen-bond acceptors (Lipinski definition) is 6. The molecular formula is C11H9ClN6O4. The Morgan fingerprint density at radius 2 is 1.95 bits per heavy atom. The third kappa shape index (κ3) is 3.99. The third-order valence-electron chi connectivity index (χ3n) is 2.42. The number of nitrogens with one attached hydrogen (secondary N) is 2. The van der Waals surface area contributed by atoms with E-state index in [1.165, 1.54) is 24.3 Å². The Hall–Kier alpha value is -3.01. The molecule has 22 heavy (non-hydrogen) atoms. The van der Waals surface area contributed by atoms with Gasteiger partial charge in [-0.05, 0) is 29.2 Å². The molecule has 0 aliphatic heterocycles. The van der Waals surface area contributed by atoms with Crippen LogP contribution in [0.2, 0.25) is 5.02 Å². The summed E-state index contributed by atoms with van der Waals surface area (Å²) >= 11 is 5.69. The van der Waals surface area contributed by atoms with Crippen molar-refractivity contribution in [2.24, 2.45) is 0 Å². The molecule has 114 valence electrons. The number of benzene rings is 1. The average molecular weight is 325 g/mol. The number of carbonyl (C=O) groups excluding carboxylic acids is 2. The zero-order valence-electron chi connectivity index (χ0n) is 10.9. The van der Waals surface area contributed by atoms with E-state index in [0.717, 1.165) is 11.0 Å². The van der Waals surface area contributed by atoms with Crippen LogP contribution in [-0.2, 0) is 11.3 Å². The van der Waals surface area contributed by atoms with Gasteiger partial charge in [-0.15, -0.1) is 0 Å². The normalized spacial score (nSPS) is 10.0. The number of hydrogen-bond donors (Lipinski definition) is 2. The molecule has 0 radical (unpaired) electrons. The second-order valence-electron chi connectivity index (χ2n) is 4.01. The van der Waals surface area contributed by atoms with E-state index in [4.69, 9.17) is 11.6 Å². The largest absolute Gasteiger partial charge is 0.490 e. The fourth-order valence-electron chi connectivity index (χ4n) is 1.43. The maximum absolute atomic E-state index is 11.7. The molecule has 1 aromatic carbocycles. The molecule has 0 saturated carbocycles. The average Bonchev–Trinajstić information content (AvgIpc) is 2.94. The van der Waals surface area contributed by atoms with Crippen molar-refractivity contribution in [1.29, 1.82) is 0 Å². The van der Waals surface area contributed by atoms with Crippen LogP contribution in [0.1, 0.15) is 10.4 Å². The van der Waals surface area contributed by atoms with E-state index in [1.807, 2.05) is 0 Å². The molecule has 2 amide bonds. The molecule has 2 rings (SSSR count). The van der Waals surface area contributed by atoms with Crippen LogP contribution in [0.5, 0.6) is 0 Å². The SMILES string of the molecule is O=C(Cn1cnc([N+](=O)[O-])n1)NNC(=O)c1ccc(Cl)cc1. The van der Waals surface area contributed by atoms with Crippen molar-refractivity contribution in [3.8, 4) is 0 Å². The topological polar surface area (TPSA) is 132 Å². The Morgan fingerprint density at radius 3 is 2.55 bits per heavy atom. The van der Waals surface area contributed by atoms with Gasteiger partial charge in [0.15, 0.2) is 0 Å². The molecular weight excluding hydrogens is 316 g/mol. The molecule has 11 heteroatoms. The summed E-state index contributed by atoms with van der Waals surface area (Å²) in [6, 6.07) is 6.05. The first-order chi connectivity index (χ1) is 10.5. The molecule has 1 aromatic heterocycles. The quantitative estimate of drug-likeness (QED) is 0.614. The predicted octanol–water partition coefficient (Wildman–Crippen LogP) is 0.301. The van der Waals surface area contributed by atoms with Gasteiger partial charge >= 0.3 is 5.95 Å². The second kappa shape index (κ2) is 6.63. The fraction of sp³-hybridized carbons (Fsp3) is 0.0909. The minimum Gasteiger partial charge on any atom is -0.390 e. The first-order valence-corrected chi connectivity index (χ1v) is 6.22. The van der Waals surface area contributed by atoms with Gasteiger partial charge in [-0.1, -0.05) is 16.6 Å². The minimum atomic E-state index is -0.781. The first kappa shape index (κ1) is 15.4. The van der Waals surface area contributed by atoms with E-state index in [1.54, 1.807) is 0 Å². The predicted molar refractivity (Wildman–Crippen MR) is 73.7 cm³/mol. The summed E-state index contributed by atoms with van der Waals surface area (Å²) in [6.07, 6.45) is 1.04. The molecule has 0 bridgehead atoms. The van der Waals surface area contributed by atoms with Crippen molar-refractivity contribution < 1.29 is 14.5 Å². The Kier molecular flexibility index (Phi) is 4.63. The van der Waals surface area contributed by atoms with Crippen molar-refractivity contribution in [3.63, 3.8) is 0 Å². The van der Waals surface area contributed by atoms with E-state index in [-0.39, 0.29) is 6.54 Å². The van der Waals surface area contributed by atoms with Gasteiger partial charge in [-0.2, -0.15) is 4.68 Å². The molecule has 0 unspecified atom stereocenters. The monoisotopic (exact) mass is 324 g/mol. The van der Waals surface area contributed by atoms with Crippen LogP contribution in [0, 0.1) is 10.1 Å². The van der Waals surface area contributed by atoms with Gasteiger partial charge in [0.2, 0.25) is 6.33 Å². The lowest BCUT2D eigenvalue weighted by atomic mass is 10.2. The fourth-order valence-corrected chi connectivity index (χ4v) is 1.56. The summed E-state index contributed by atoms with van der Waals surface area (Å²) in [5.74, 6) is -1.77. The van der Waals surface area contributed by atoms with Crippen molar-refractivity contribution in [2.75, 3.05) is 0 Å². The Balaban J connectivity index is 1.85. The molecule has 10 nitrogen and oxygen atoms in total. The molecule has 2 aromatic rings. The van der Waals surface area contributed by atoms with Crippen LogP contribution >= 0.6 is 11.6 Å². The van der Waals surface area contributed by atoms with Crippen molar-refractivity contribution in [3.05, 3.63) is 51.3 Å². The van der Waals surface area contributed by atoms with Crippen LogP contribution in [0.25, 0.3) is 0 Å². The first-order valence-electron chi connectivity index (χ1n) is 5.84. The van der Waals surface area contributed by atoms with Crippen molar-refractivity contribution in [2.45, 2.75) is 6.54 Å². The van der Waals surface area contributed by atoms with Gasteiger partial charge in [0.1, 0.15) is 6.54 Å². The van der Waals surface area contributed by atoms with E-state index >= 15 is 0 Å². The number of hydrazine groups is 1. The Morgan fingerprint density at radius 1 is 1.27 bits per heavy atom. The summed E-state index contributed by atoms with van der Waals surface area (Å²) in [6.45, 7) is -0.332. The maximum atomic E-state index is 11.7. The second-order valence-corrected chi connectivity index (χ2v) is 4.44. The summed E-state index contributed by atoms with van der Waals surface area (Å²) in [5, 5.41) is 14.3. The Bertz CT molecular complexity index is 714. The highest BCUT2D eigenvalue weighted by Gasteiger charge is 2.15. The van der Waals surface area contributed by atoms with Crippen LogP contribution in [0.15, 0.2) is 30.6 Å². The van der Waals surface area contributed by atoms with Crippen LogP contribution in [0.3, 0.4) is 0 Å². The Labute approximate surface area is 128 Å². The highest BCUT2D eigenvalue weighted by molar-refractivity contribution is 6.30. The number of halogens is 1. The zero-order valence-corrected chi connectivity index (χ0v) is 11.6. The minimum absolute atomic E-state index is 0.307. The van der Waals surface area contributed by atoms with E-state index in [0.29, 0.717) is 10.6 Å². The zero-order chi connectivity index (χ0) is 16.1. The van der Waals surface area contributed by atoms with Crippen molar-refractivity contribution in [1.82, 2.24) is 25.6 Å². The number of aromatic nitrogens is 3. The van der Waals surface area contributed by atoms with Crippen LogP contribution < -0.4 is 10.9 Å². The summed E-state index contributed by atoms with van der Waals surface area (Å²) in [7, 11) is 0. The summed E-state index contributed by atoms with van der Waals surface area (Å²) in [4.78, 5) is 36.3. The highest BCUT2D eigenvalue weighted by atomic mass is 35.5.